The van der Waals surface area contributed by atoms with Crippen molar-refractivity contribution in [1.82, 2.24) is 0 Å². The Hall–Kier alpha value is 0.110. The highest BCUT2D eigenvalue weighted by Crippen LogP contribution is 2.64. The van der Waals surface area contributed by atoms with E-state index in [2.05, 4.69) is 50.4 Å². The number of carbonyl (C=O) groups excluding carboxylic acids is 1. The van der Waals surface area contributed by atoms with Gasteiger partial charge in [0.05, 0.1) is 4.08 Å². The van der Waals surface area contributed by atoms with E-state index in [4.69, 9.17) is 0 Å². The third-order valence-electron chi connectivity index (χ3n) is 7.58. The van der Waals surface area contributed by atoms with Gasteiger partial charge in [-0.15, -0.1) is 23.5 Å². The van der Waals surface area contributed by atoms with Crippen molar-refractivity contribution in [2.24, 2.45) is 22.7 Å². The van der Waals surface area contributed by atoms with Crippen molar-refractivity contribution < 1.29 is 4.79 Å². The SMILES string of the molecule is CC1(C)/C2=C\C[C@H]3C4(CCC[C@@]3(C)C(=O)C[C@H]1CC2)SCCS4. The maximum Gasteiger partial charge on any atom is 0.139 e. The van der Waals surface area contributed by atoms with Crippen LogP contribution >= 0.6 is 23.5 Å². The van der Waals surface area contributed by atoms with Crippen LogP contribution in [0, 0.1) is 22.7 Å². The van der Waals surface area contributed by atoms with Crippen molar-refractivity contribution in [3.8, 4) is 0 Å². The molecule has 0 aromatic carbocycles. The van der Waals surface area contributed by atoms with Gasteiger partial charge < -0.3 is 0 Å². The van der Waals surface area contributed by atoms with Crippen molar-refractivity contribution >= 4 is 29.3 Å². The molecule has 0 aromatic rings. The summed E-state index contributed by atoms with van der Waals surface area (Å²) < 4.78 is 0.327. The highest BCUT2D eigenvalue weighted by atomic mass is 32.2. The molecule has 1 aliphatic heterocycles. The number of fused-ring (bicyclic) bond motifs is 4. The monoisotopic (exact) mass is 350 g/mol. The molecule has 1 saturated heterocycles. The number of rotatable bonds is 0. The zero-order chi connectivity index (χ0) is 16.3. The van der Waals surface area contributed by atoms with E-state index in [1.54, 1.807) is 5.57 Å². The Bertz CT molecular complexity index is 544. The number of Topliss-reactive ketones (excluding diaryl/α,β-unsaturated/α-hetero) is 1. The highest BCUT2D eigenvalue weighted by molar-refractivity contribution is 8.21. The lowest BCUT2D eigenvalue weighted by molar-refractivity contribution is -0.134. The second kappa shape index (κ2) is 5.56. The molecule has 0 unspecified atom stereocenters. The summed E-state index contributed by atoms with van der Waals surface area (Å²) in [6.07, 6.45) is 10.6. The van der Waals surface area contributed by atoms with Crippen molar-refractivity contribution in [3.63, 3.8) is 0 Å². The minimum atomic E-state index is -0.0831. The van der Waals surface area contributed by atoms with Crippen LogP contribution in [-0.2, 0) is 4.79 Å². The van der Waals surface area contributed by atoms with Crippen molar-refractivity contribution in [2.75, 3.05) is 11.5 Å². The molecule has 2 bridgehead atoms. The van der Waals surface area contributed by atoms with Crippen molar-refractivity contribution in [3.05, 3.63) is 11.6 Å². The molecule has 0 radical (unpaired) electrons. The third-order valence-corrected chi connectivity index (χ3v) is 11.3. The van der Waals surface area contributed by atoms with E-state index in [1.807, 2.05) is 0 Å². The van der Waals surface area contributed by atoms with Crippen LogP contribution in [0.15, 0.2) is 11.6 Å². The van der Waals surface area contributed by atoms with E-state index < -0.39 is 0 Å². The van der Waals surface area contributed by atoms with Gasteiger partial charge in [-0.3, -0.25) is 4.79 Å². The number of hydrogen-bond acceptors (Lipinski definition) is 3. The fourth-order valence-electron chi connectivity index (χ4n) is 5.84. The highest BCUT2D eigenvalue weighted by Gasteiger charge is 2.57. The predicted molar refractivity (Wildman–Crippen MR) is 102 cm³/mol. The van der Waals surface area contributed by atoms with Gasteiger partial charge in [0.2, 0.25) is 0 Å². The van der Waals surface area contributed by atoms with Crippen molar-refractivity contribution in [2.45, 2.75) is 69.8 Å². The second-order valence-electron chi connectivity index (χ2n) is 8.88. The van der Waals surface area contributed by atoms with Gasteiger partial charge in [0.1, 0.15) is 5.78 Å². The zero-order valence-corrected chi connectivity index (χ0v) is 16.5. The van der Waals surface area contributed by atoms with Crippen LogP contribution in [0.1, 0.15) is 65.7 Å². The van der Waals surface area contributed by atoms with E-state index in [0.717, 1.165) is 19.3 Å². The summed E-state index contributed by atoms with van der Waals surface area (Å²) in [6, 6.07) is 0. The van der Waals surface area contributed by atoms with E-state index in [1.165, 1.54) is 37.2 Å². The maximum atomic E-state index is 13.4. The van der Waals surface area contributed by atoms with E-state index in [9.17, 15) is 4.79 Å². The van der Waals surface area contributed by atoms with Crippen LogP contribution < -0.4 is 0 Å². The molecule has 23 heavy (non-hydrogen) atoms. The third kappa shape index (κ3) is 2.39. The summed E-state index contributed by atoms with van der Waals surface area (Å²) in [5.74, 6) is 4.24. The number of hydrogen-bond donors (Lipinski definition) is 0. The van der Waals surface area contributed by atoms with E-state index >= 15 is 0 Å². The number of carbonyl (C=O) groups is 1. The number of allylic oxidation sites excluding steroid dienone is 2. The van der Waals surface area contributed by atoms with Gasteiger partial charge in [0.15, 0.2) is 0 Å². The molecule has 3 heteroatoms. The quantitative estimate of drug-likeness (QED) is 0.522. The molecule has 3 atom stereocenters. The van der Waals surface area contributed by atoms with Gasteiger partial charge in [-0.25, -0.2) is 0 Å². The predicted octanol–water partition coefficient (Wildman–Crippen LogP) is 5.69. The number of thioether (sulfide) groups is 2. The first-order valence-corrected chi connectivity index (χ1v) is 11.4. The first-order chi connectivity index (χ1) is 10.9. The largest absolute Gasteiger partial charge is 0.299 e. The average Bonchev–Trinajstić information content (AvgIpc) is 3.06. The van der Waals surface area contributed by atoms with Gasteiger partial charge in [-0.05, 0) is 49.4 Å². The zero-order valence-electron chi connectivity index (χ0n) is 14.8. The Morgan fingerprint density at radius 2 is 1.87 bits per heavy atom. The topological polar surface area (TPSA) is 17.1 Å². The van der Waals surface area contributed by atoms with Crippen LogP contribution in [0.25, 0.3) is 0 Å². The van der Waals surface area contributed by atoms with Gasteiger partial charge >= 0.3 is 0 Å². The average molecular weight is 351 g/mol. The molecule has 0 amide bonds. The summed E-state index contributed by atoms with van der Waals surface area (Å²) in [4.78, 5) is 13.4. The minimum Gasteiger partial charge on any atom is -0.299 e. The molecule has 1 heterocycles. The van der Waals surface area contributed by atoms with E-state index in [-0.39, 0.29) is 10.8 Å². The molecule has 4 rings (SSSR count). The van der Waals surface area contributed by atoms with Crippen LogP contribution in [-0.4, -0.2) is 21.4 Å². The Kier molecular flexibility index (Phi) is 4.00. The molecular formula is C20H30OS2. The van der Waals surface area contributed by atoms with Gasteiger partial charge in [-0.1, -0.05) is 38.8 Å². The molecule has 128 valence electrons. The van der Waals surface area contributed by atoms with Crippen LogP contribution in [0.3, 0.4) is 0 Å². The Labute approximate surface area is 149 Å². The summed E-state index contributed by atoms with van der Waals surface area (Å²) >= 11 is 4.35. The van der Waals surface area contributed by atoms with Gasteiger partial charge in [0.25, 0.3) is 0 Å². The second-order valence-corrected chi connectivity index (χ2v) is 12.0. The first kappa shape index (κ1) is 16.6. The summed E-state index contributed by atoms with van der Waals surface area (Å²) in [5, 5.41) is 0. The van der Waals surface area contributed by atoms with Crippen LogP contribution in [0.5, 0.6) is 0 Å². The first-order valence-electron chi connectivity index (χ1n) is 9.39. The lowest BCUT2D eigenvalue weighted by atomic mass is 9.62. The molecule has 1 nitrogen and oxygen atoms in total. The van der Waals surface area contributed by atoms with E-state index in [0.29, 0.717) is 21.7 Å². The van der Waals surface area contributed by atoms with Gasteiger partial charge in [-0.2, -0.15) is 0 Å². The minimum absolute atomic E-state index is 0.0831. The maximum absolute atomic E-state index is 13.4. The molecule has 0 aromatic heterocycles. The molecule has 1 spiro atoms. The summed E-state index contributed by atoms with van der Waals surface area (Å²) in [5.41, 5.74) is 1.80. The molecule has 4 aliphatic rings. The fraction of sp³-hybridized carbons (Fsp3) is 0.850. The normalized spacial score (nSPS) is 44.1. The standard InChI is InChI=1S/C20H30OS2/c1-18(2)14-5-6-15(18)13-17(21)19(3)9-4-10-20(16(19)8-7-14)22-11-12-23-20/h7,15-16H,4-6,8-13H2,1-3H3/b14-7-/t15-,16-,19-/m1/s1. The molecule has 0 N–H and O–H groups in total. The molecule has 2 saturated carbocycles. The number of ketones is 1. The van der Waals surface area contributed by atoms with Crippen LogP contribution in [0.4, 0.5) is 0 Å². The Morgan fingerprint density at radius 1 is 1.13 bits per heavy atom. The summed E-state index contributed by atoms with van der Waals surface area (Å²) in [6.45, 7) is 7.09. The molecular weight excluding hydrogens is 320 g/mol. The van der Waals surface area contributed by atoms with Crippen LogP contribution in [0.2, 0.25) is 0 Å². The lowest BCUT2D eigenvalue weighted by Gasteiger charge is -2.50. The molecule has 3 fully saturated rings. The lowest BCUT2D eigenvalue weighted by Crippen LogP contribution is -2.49. The molecule has 3 aliphatic carbocycles. The summed E-state index contributed by atoms with van der Waals surface area (Å²) in [7, 11) is 0. The van der Waals surface area contributed by atoms with Gasteiger partial charge in [0, 0.05) is 23.3 Å². The van der Waals surface area contributed by atoms with Crippen molar-refractivity contribution in [1.29, 1.82) is 0 Å². The fourth-order valence-corrected chi connectivity index (χ4v) is 9.72. The Morgan fingerprint density at radius 3 is 2.61 bits per heavy atom. The Balaban J connectivity index is 1.77. The smallest absolute Gasteiger partial charge is 0.139 e.